The maximum absolute atomic E-state index is 10.6. The Hall–Kier alpha value is -1.46. The highest BCUT2D eigenvalue weighted by Crippen LogP contribution is 2.33. The molecule has 0 fully saturated rings. The van der Waals surface area contributed by atoms with E-state index in [9.17, 15) is 5.11 Å². The van der Waals surface area contributed by atoms with Gasteiger partial charge in [0, 0.05) is 5.56 Å². The minimum absolute atomic E-state index is 0.0676. The average molecular weight is 292 g/mol. The summed E-state index contributed by atoms with van der Waals surface area (Å²) in [5.41, 5.74) is 1.65. The highest BCUT2D eigenvalue weighted by molar-refractivity contribution is 7.05. The quantitative estimate of drug-likeness (QED) is 0.887. The van der Waals surface area contributed by atoms with E-state index in [0.717, 1.165) is 29.0 Å². The number of aliphatic hydroxyl groups is 1. The van der Waals surface area contributed by atoms with Crippen LogP contribution in [0.1, 0.15) is 49.4 Å². The van der Waals surface area contributed by atoms with Crippen molar-refractivity contribution in [2.24, 2.45) is 0 Å². The molecule has 2 rings (SSSR count). The summed E-state index contributed by atoms with van der Waals surface area (Å²) in [7, 11) is 0. The molecule has 0 amide bonds. The van der Waals surface area contributed by atoms with Crippen molar-refractivity contribution in [2.45, 2.75) is 45.8 Å². The van der Waals surface area contributed by atoms with Crippen LogP contribution in [0.5, 0.6) is 5.75 Å². The van der Waals surface area contributed by atoms with Gasteiger partial charge in [0.2, 0.25) is 0 Å². The molecule has 0 bridgehead atoms. The Morgan fingerprint density at radius 2 is 2.05 bits per heavy atom. The van der Waals surface area contributed by atoms with E-state index in [2.05, 4.69) is 16.5 Å². The predicted molar refractivity (Wildman–Crippen MR) is 80.2 cm³/mol. The van der Waals surface area contributed by atoms with E-state index in [0.29, 0.717) is 5.75 Å². The number of rotatable bonds is 6. The number of hydrogen-bond acceptors (Lipinski definition) is 5. The number of hydrogen-bond donors (Lipinski definition) is 1. The summed E-state index contributed by atoms with van der Waals surface area (Å²) >= 11 is 1.25. The smallest absolute Gasteiger partial charge is 0.125 e. The van der Waals surface area contributed by atoms with Gasteiger partial charge in [-0.15, -0.1) is 5.10 Å². The Morgan fingerprint density at radius 1 is 1.30 bits per heavy atom. The topological polar surface area (TPSA) is 55.2 Å². The van der Waals surface area contributed by atoms with Crippen molar-refractivity contribution >= 4 is 11.5 Å². The number of benzene rings is 1. The van der Waals surface area contributed by atoms with Crippen molar-refractivity contribution in [2.75, 3.05) is 0 Å². The zero-order valence-corrected chi connectivity index (χ0v) is 12.9. The Kier molecular flexibility index (Phi) is 5.09. The lowest BCUT2D eigenvalue weighted by Gasteiger charge is -2.17. The van der Waals surface area contributed by atoms with Gasteiger partial charge in [0.15, 0.2) is 0 Å². The maximum Gasteiger partial charge on any atom is 0.125 e. The first-order valence-electron chi connectivity index (χ1n) is 6.88. The van der Waals surface area contributed by atoms with E-state index < -0.39 is 6.10 Å². The van der Waals surface area contributed by atoms with Crippen LogP contribution in [0.25, 0.3) is 0 Å². The van der Waals surface area contributed by atoms with Gasteiger partial charge < -0.3 is 9.84 Å². The highest BCUT2D eigenvalue weighted by atomic mass is 32.1. The van der Waals surface area contributed by atoms with Crippen molar-refractivity contribution < 1.29 is 9.84 Å². The first-order chi connectivity index (χ1) is 9.63. The minimum Gasteiger partial charge on any atom is -0.491 e. The molecule has 108 valence electrons. The summed E-state index contributed by atoms with van der Waals surface area (Å²) in [4.78, 5) is 0.812. The number of aromatic nitrogens is 2. The molecule has 5 heteroatoms. The molecule has 0 spiro atoms. The van der Waals surface area contributed by atoms with Crippen LogP contribution in [-0.4, -0.2) is 20.8 Å². The van der Waals surface area contributed by atoms with Crippen LogP contribution in [0.2, 0.25) is 0 Å². The van der Waals surface area contributed by atoms with Gasteiger partial charge in [0.25, 0.3) is 0 Å². The van der Waals surface area contributed by atoms with Crippen LogP contribution < -0.4 is 4.74 Å². The van der Waals surface area contributed by atoms with Gasteiger partial charge in [-0.1, -0.05) is 36.0 Å². The fourth-order valence-electron chi connectivity index (χ4n) is 2.04. The molecule has 1 aromatic heterocycles. The summed E-state index contributed by atoms with van der Waals surface area (Å²) in [6.45, 7) is 6.03. The summed E-state index contributed by atoms with van der Waals surface area (Å²) in [6, 6.07) is 7.58. The molecule has 1 heterocycles. The van der Waals surface area contributed by atoms with Crippen molar-refractivity contribution in [3.63, 3.8) is 0 Å². The second-order valence-electron chi connectivity index (χ2n) is 4.94. The number of nitrogens with zero attached hydrogens (tertiary/aromatic N) is 2. The number of para-hydroxylation sites is 1. The lowest BCUT2D eigenvalue weighted by atomic mass is 10.0. The molecule has 1 atom stereocenters. The van der Waals surface area contributed by atoms with Crippen LogP contribution in [0.4, 0.5) is 0 Å². The molecule has 0 aliphatic carbocycles. The lowest BCUT2D eigenvalue weighted by Crippen LogP contribution is -2.10. The molecule has 1 aromatic carbocycles. The number of aryl methyl sites for hydroxylation is 1. The average Bonchev–Trinajstić information content (AvgIpc) is 2.86. The molecular formula is C15H20N2O2S. The Labute approximate surface area is 123 Å². The van der Waals surface area contributed by atoms with E-state index in [1.807, 2.05) is 38.1 Å². The van der Waals surface area contributed by atoms with Crippen molar-refractivity contribution in [3.8, 4) is 5.75 Å². The summed E-state index contributed by atoms with van der Waals surface area (Å²) in [5.74, 6) is 0.714. The fourth-order valence-corrected chi connectivity index (χ4v) is 2.74. The largest absolute Gasteiger partial charge is 0.491 e. The normalized spacial score (nSPS) is 12.7. The van der Waals surface area contributed by atoms with Crippen molar-refractivity contribution in [1.82, 2.24) is 9.59 Å². The second kappa shape index (κ2) is 6.81. The first kappa shape index (κ1) is 14.9. The molecule has 20 heavy (non-hydrogen) atoms. The van der Waals surface area contributed by atoms with Crippen LogP contribution >= 0.6 is 11.5 Å². The van der Waals surface area contributed by atoms with E-state index in [4.69, 9.17) is 4.74 Å². The molecule has 4 nitrogen and oxygen atoms in total. The first-order valence-corrected chi connectivity index (χ1v) is 7.65. The Balaban J connectivity index is 2.32. The lowest BCUT2D eigenvalue weighted by molar-refractivity contribution is 0.199. The summed E-state index contributed by atoms with van der Waals surface area (Å²) in [6.07, 6.45) is 1.15. The highest BCUT2D eigenvalue weighted by Gasteiger charge is 2.21. The molecule has 0 aliphatic rings. The third-order valence-electron chi connectivity index (χ3n) is 2.90. The molecule has 0 radical (unpaired) electrons. The van der Waals surface area contributed by atoms with Crippen molar-refractivity contribution in [3.05, 3.63) is 40.4 Å². The zero-order valence-electron chi connectivity index (χ0n) is 12.0. The molecule has 0 saturated heterocycles. The third-order valence-corrected chi connectivity index (χ3v) is 3.72. The van der Waals surface area contributed by atoms with Crippen LogP contribution in [-0.2, 0) is 6.42 Å². The molecule has 2 aromatic rings. The monoisotopic (exact) mass is 292 g/mol. The number of aliphatic hydroxyl groups excluding tert-OH is 1. The molecule has 1 N–H and O–H groups in total. The van der Waals surface area contributed by atoms with E-state index in [1.54, 1.807) is 0 Å². The van der Waals surface area contributed by atoms with E-state index >= 15 is 0 Å². The summed E-state index contributed by atoms with van der Waals surface area (Å²) < 4.78 is 9.74. The van der Waals surface area contributed by atoms with Crippen LogP contribution in [0.15, 0.2) is 24.3 Å². The molecular weight excluding hydrogens is 272 g/mol. The van der Waals surface area contributed by atoms with Gasteiger partial charge in [-0.05, 0) is 37.9 Å². The van der Waals surface area contributed by atoms with Gasteiger partial charge in [0.1, 0.15) is 11.9 Å². The molecule has 0 aliphatic heterocycles. The van der Waals surface area contributed by atoms with E-state index in [1.165, 1.54) is 11.5 Å². The zero-order chi connectivity index (χ0) is 14.5. The van der Waals surface area contributed by atoms with Gasteiger partial charge in [-0.25, -0.2) is 0 Å². The minimum atomic E-state index is -0.730. The van der Waals surface area contributed by atoms with Crippen LogP contribution in [0, 0.1) is 0 Å². The van der Waals surface area contributed by atoms with Gasteiger partial charge in [0.05, 0.1) is 16.7 Å². The maximum atomic E-state index is 10.6. The summed E-state index contributed by atoms with van der Waals surface area (Å²) in [5, 5.41) is 14.7. The standard InChI is InChI=1S/C15H20N2O2S/c1-4-7-12-15(20-17-16-12)14(18)11-8-5-6-9-13(11)19-10(2)3/h5-6,8-10,14,18H,4,7H2,1-3H3. The SMILES string of the molecule is CCCc1nnsc1C(O)c1ccccc1OC(C)C. The Bertz CT molecular complexity index is 554. The number of ether oxygens (including phenoxy) is 1. The van der Waals surface area contributed by atoms with Crippen molar-refractivity contribution in [1.29, 1.82) is 0 Å². The Morgan fingerprint density at radius 3 is 2.75 bits per heavy atom. The van der Waals surface area contributed by atoms with Crippen LogP contribution in [0.3, 0.4) is 0 Å². The third kappa shape index (κ3) is 3.35. The fraction of sp³-hybridized carbons (Fsp3) is 0.467. The van der Waals surface area contributed by atoms with E-state index in [-0.39, 0.29) is 6.10 Å². The molecule has 1 unspecified atom stereocenters. The van der Waals surface area contributed by atoms with Gasteiger partial charge >= 0.3 is 0 Å². The second-order valence-corrected chi connectivity index (χ2v) is 5.73. The van der Waals surface area contributed by atoms with Gasteiger partial charge in [-0.2, -0.15) is 0 Å². The predicted octanol–water partition coefficient (Wildman–Crippen LogP) is 3.36. The van der Waals surface area contributed by atoms with Gasteiger partial charge in [-0.3, -0.25) is 0 Å². The molecule has 0 saturated carbocycles.